The number of carbonyl (C=O) groups is 7. The van der Waals surface area contributed by atoms with Crippen molar-refractivity contribution in [3.63, 3.8) is 0 Å². The Hall–Kier alpha value is -11.9. The molecule has 0 spiro atoms. The van der Waals surface area contributed by atoms with Gasteiger partial charge in [-0.1, -0.05) is 125 Å². The van der Waals surface area contributed by atoms with E-state index in [2.05, 4.69) is 162 Å². The van der Waals surface area contributed by atoms with Gasteiger partial charge in [0.2, 0.25) is 17.7 Å². The van der Waals surface area contributed by atoms with E-state index >= 15 is 0 Å². The van der Waals surface area contributed by atoms with Gasteiger partial charge < -0.3 is 74.3 Å². The Bertz CT molecular complexity index is 5150. The van der Waals surface area contributed by atoms with Gasteiger partial charge in [0.1, 0.15) is 47.0 Å². The lowest BCUT2D eigenvalue weighted by Gasteiger charge is -2.34. The average molecular weight is 1560 g/mol. The molecule has 5 aliphatic rings. The van der Waals surface area contributed by atoms with E-state index < -0.39 is 42.0 Å². The van der Waals surface area contributed by atoms with E-state index in [4.69, 9.17) is 38.6 Å². The van der Waals surface area contributed by atoms with Crippen LogP contribution in [0.2, 0.25) is 0 Å². The minimum Gasteiger partial charge on any atom is -0.453 e. The highest BCUT2D eigenvalue weighted by Gasteiger charge is 2.43. The summed E-state index contributed by atoms with van der Waals surface area (Å²) in [7, 11) is 3.90. The maximum atomic E-state index is 14.0. The predicted molar refractivity (Wildman–Crippen MR) is 436 cm³/mol. The van der Waals surface area contributed by atoms with Crippen LogP contribution in [0.3, 0.4) is 0 Å². The SMILES string of the molecule is COC(=O)N[C@H](C(=O)N1CCC[C@H]1c1ncc(-c2ccc3cc(-c4ccc(-c5cnc([C@@H]6CCCN6C(=O)OC(C)(C)C)[nH]5)cc4)ccc3c2)[nH]1)C(C)C.COC(=O)N[C@H](C(=O)N1CCC[C@H]1c1ncc(-c2ccc3cc(-c4ccc(-c5cnc([C@@H]6CCCN6C(=O)[C@@H](NC(=O)OC)C6CCOCC6)[nH]5)cc4)ccc3c2)[nH]1)C(C)C. The van der Waals surface area contributed by atoms with Crippen LogP contribution in [0.4, 0.5) is 19.2 Å². The predicted octanol–water partition coefficient (Wildman–Crippen LogP) is 15.5. The van der Waals surface area contributed by atoms with Crippen molar-refractivity contribution in [1.29, 1.82) is 0 Å². The summed E-state index contributed by atoms with van der Waals surface area (Å²) in [4.78, 5) is 130. The minimum atomic E-state index is -0.690. The molecule has 6 aromatic carbocycles. The number of likely N-dealkylation sites (tertiary alicyclic amines) is 4. The van der Waals surface area contributed by atoms with Crippen molar-refractivity contribution in [1.82, 2.24) is 75.4 Å². The summed E-state index contributed by atoms with van der Waals surface area (Å²) in [5.74, 6) is 2.36. The normalized spacial score (nSPS) is 18.6. The maximum absolute atomic E-state index is 14.0. The third-order valence-corrected chi connectivity index (χ3v) is 22.7. The van der Waals surface area contributed by atoms with Crippen LogP contribution in [0, 0.1) is 17.8 Å². The quantitative estimate of drug-likeness (QED) is 0.0370. The molecule has 0 radical (unpaired) electrons. The second kappa shape index (κ2) is 34.8. The fourth-order valence-electron chi connectivity index (χ4n) is 16.6. The first-order valence-electron chi connectivity index (χ1n) is 40.0. The van der Waals surface area contributed by atoms with E-state index in [1.165, 1.54) is 21.3 Å². The minimum absolute atomic E-state index is 0.0265. The number of hydrogen-bond donors (Lipinski definition) is 7. The van der Waals surface area contributed by atoms with E-state index in [0.29, 0.717) is 52.2 Å². The van der Waals surface area contributed by atoms with Crippen molar-refractivity contribution >= 4 is 63.6 Å². The number of carbonyl (C=O) groups excluding carboxylic acids is 7. The zero-order chi connectivity index (χ0) is 80.8. The zero-order valence-electron chi connectivity index (χ0n) is 66.9. The molecule has 0 bridgehead atoms. The number of aromatic nitrogens is 8. The first-order valence-corrected chi connectivity index (χ1v) is 40.0. The monoisotopic (exact) mass is 1560 g/mol. The van der Waals surface area contributed by atoms with Gasteiger partial charge in [0.15, 0.2) is 0 Å². The Morgan fingerprint density at radius 1 is 0.400 bits per heavy atom. The molecule has 7 N–H and O–H groups in total. The number of aromatic amines is 4. The molecule has 10 aromatic rings. The van der Waals surface area contributed by atoms with Crippen molar-refractivity contribution in [3.8, 4) is 67.3 Å². The highest BCUT2D eigenvalue weighted by molar-refractivity contribution is 5.93. The molecule has 602 valence electrons. The van der Waals surface area contributed by atoms with E-state index in [0.717, 1.165) is 163 Å². The lowest BCUT2D eigenvalue weighted by atomic mass is 9.90. The number of fused-ring (bicyclic) bond motifs is 2. The fraction of sp³-hybridized carbons (Fsp3) is 0.420. The standard InChI is InChI=1S/C46H54N8O7.C42H49N7O5/c1-27(2)39(51-45(57)59-3)43(55)53-19-5-7-37(53)42-48-26-36(50-42)34-16-15-32-23-31(13-14-33(32)24-34)28-9-11-29(12-10-28)35-25-47-41(49-35)38-8-6-20-54(38)44(56)40(52-46(58)60-4)30-17-21-61-22-18-30;1-25(2)36(47-40(51)53-6)39(50)48-19-7-9-34(48)37-44-24-33(46-37)31-18-17-29-21-28(15-16-30(29)22-31)26-11-13-27(14-12-26)32-23-43-38(45-32)35-10-8-20-49(35)41(52)54-42(3,4)5/h9-16,23-27,30,37-40H,5-8,17-22H2,1-4H3,(H,47,49)(H,48,50)(H,51,57)(H,52,58);11-18,21-25,34-36H,7-10,19-20H2,1-6H3,(H,43,45)(H,44,46)(H,47,51)/t37-,38-,39-,40-;34-,35-,36-/m00/s1. The Labute approximate surface area is 668 Å². The fourth-order valence-corrected chi connectivity index (χ4v) is 16.6. The second-order valence-corrected chi connectivity index (χ2v) is 32.1. The van der Waals surface area contributed by atoms with Crippen LogP contribution in [-0.4, -0.2) is 186 Å². The molecule has 9 heterocycles. The van der Waals surface area contributed by atoms with Gasteiger partial charge in [-0.3, -0.25) is 19.3 Å². The average Bonchev–Trinajstić information content (AvgIpc) is 1.76. The number of alkyl carbamates (subject to hydrolysis) is 3. The smallest absolute Gasteiger partial charge is 0.410 e. The van der Waals surface area contributed by atoms with Crippen LogP contribution in [0.1, 0.15) is 160 Å². The summed E-state index contributed by atoms with van der Waals surface area (Å²) >= 11 is 0. The number of methoxy groups -OCH3 is 3. The van der Waals surface area contributed by atoms with E-state index in [-0.39, 0.29) is 65.7 Å². The van der Waals surface area contributed by atoms with Crippen LogP contribution in [0.5, 0.6) is 0 Å². The molecule has 0 unspecified atom stereocenters. The molecule has 27 heteroatoms. The number of rotatable bonds is 19. The zero-order valence-corrected chi connectivity index (χ0v) is 66.9. The number of imidazole rings is 4. The summed E-state index contributed by atoms with van der Waals surface area (Å²) in [6.07, 6.45) is 13.2. The van der Waals surface area contributed by atoms with Crippen molar-refractivity contribution in [3.05, 3.63) is 169 Å². The van der Waals surface area contributed by atoms with Crippen molar-refractivity contribution < 1.29 is 57.2 Å². The van der Waals surface area contributed by atoms with Gasteiger partial charge in [-0.25, -0.2) is 39.1 Å². The highest BCUT2D eigenvalue weighted by atomic mass is 16.6. The third-order valence-electron chi connectivity index (χ3n) is 22.7. The van der Waals surface area contributed by atoms with Crippen LogP contribution in [0.25, 0.3) is 88.8 Å². The Kier molecular flexibility index (Phi) is 24.2. The second-order valence-electron chi connectivity index (χ2n) is 32.1. The lowest BCUT2D eigenvalue weighted by molar-refractivity contribution is -0.137. The van der Waals surface area contributed by atoms with Crippen LogP contribution in [-0.2, 0) is 38.1 Å². The third kappa shape index (κ3) is 17.9. The Morgan fingerprint density at radius 3 is 1.06 bits per heavy atom. The summed E-state index contributed by atoms with van der Waals surface area (Å²) in [6.45, 7) is 16.8. The maximum Gasteiger partial charge on any atom is 0.410 e. The number of hydrogen-bond acceptors (Lipinski definition) is 16. The molecule has 4 aromatic heterocycles. The number of benzene rings is 6. The number of nitrogens with zero attached hydrogens (tertiary/aromatic N) is 8. The van der Waals surface area contributed by atoms with Crippen LogP contribution < -0.4 is 16.0 Å². The molecule has 5 aliphatic heterocycles. The number of nitrogens with one attached hydrogen (secondary N) is 7. The van der Waals surface area contributed by atoms with E-state index in [1.807, 2.05) is 88.0 Å². The molecule has 7 amide bonds. The topological polar surface area (TPSA) is 329 Å². The van der Waals surface area contributed by atoms with Gasteiger partial charge in [0, 0.05) is 50.5 Å². The van der Waals surface area contributed by atoms with Crippen molar-refractivity contribution in [2.45, 2.75) is 161 Å². The summed E-state index contributed by atoms with van der Waals surface area (Å²) < 4.78 is 25.6. The first-order chi connectivity index (χ1) is 55.5. The summed E-state index contributed by atoms with van der Waals surface area (Å²) in [5, 5.41) is 12.6. The molecular formula is C88H103N15O12. The molecule has 0 aliphatic carbocycles. The highest BCUT2D eigenvalue weighted by Crippen LogP contribution is 2.40. The first kappa shape index (κ1) is 79.8. The molecule has 15 rings (SSSR count). The molecule has 115 heavy (non-hydrogen) atoms. The van der Waals surface area contributed by atoms with Crippen LogP contribution >= 0.6 is 0 Å². The molecule has 5 fully saturated rings. The Morgan fingerprint density at radius 2 is 0.704 bits per heavy atom. The van der Waals surface area contributed by atoms with Crippen molar-refractivity contribution in [2.75, 3.05) is 60.7 Å². The van der Waals surface area contributed by atoms with E-state index in [9.17, 15) is 33.6 Å². The molecule has 0 saturated carbocycles. The van der Waals surface area contributed by atoms with Gasteiger partial charge in [-0.2, -0.15) is 0 Å². The lowest BCUT2D eigenvalue weighted by Crippen LogP contribution is -2.53. The number of amides is 7. The number of ether oxygens (including phenoxy) is 5. The van der Waals surface area contributed by atoms with E-state index in [1.54, 1.807) is 4.90 Å². The van der Waals surface area contributed by atoms with Gasteiger partial charge in [-0.15, -0.1) is 0 Å². The summed E-state index contributed by atoms with van der Waals surface area (Å²) in [5.41, 5.74) is 11.4. The van der Waals surface area contributed by atoms with Gasteiger partial charge in [0.25, 0.3) is 0 Å². The van der Waals surface area contributed by atoms with Crippen molar-refractivity contribution in [2.24, 2.45) is 17.8 Å². The molecule has 27 nitrogen and oxygen atoms in total. The largest absolute Gasteiger partial charge is 0.453 e. The van der Waals surface area contributed by atoms with Crippen LogP contribution in [0.15, 0.2) is 146 Å². The molecule has 5 saturated heterocycles. The van der Waals surface area contributed by atoms with Gasteiger partial charge in [-0.05, 0) is 182 Å². The summed E-state index contributed by atoms with van der Waals surface area (Å²) in [6, 6.07) is 39.6. The molecule has 7 atom stereocenters. The Balaban J connectivity index is 0.000000191. The van der Waals surface area contributed by atoms with Gasteiger partial charge >= 0.3 is 24.4 Å². The van der Waals surface area contributed by atoms with Gasteiger partial charge in [0.05, 0.1) is 93.1 Å². The number of H-pyrrole nitrogens is 4. The molecular weight excluding hydrogens is 1460 g/mol.